The van der Waals surface area contributed by atoms with Crippen LogP contribution in [0.25, 0.3) is 10.9 Å². The zero-order valence-electron chi connectivity index (χ0n) is 13.7. The van der Waals surface area contributed by atoms with Crippen molar-refractivity contribution in [2.45, 2.75) is 45.7 Å². The van der Waals surface area contributed by atoms with Crippen molar-refractivity contribution < 1.29 is 4.79 Å². The van der Waals surface area contributed by atoms with Gasteiger partial charge in [0.2, 0.25) is 5.91 Å². The van der Waals surface area contributed by atoms with E-state index < -0.39 is 0 Å². The fourth-order valence-electron chi connectivity index (χ4n) is 3.41. The monoisotopic (exact) mass is 313 g/mol. The molecule has 1 amide bonds. The first-order valence-corrected chi connectivity index (χ1v) is 8.30. The minimum absolute atomic E-state index is 0.0221. The Morgan fingerprint density at radius 2 is 2.09 bits per heavy atom. The zero-order chi connectivity index (χ0) is 16.4. The van der Waals surface area contributed by atoms with Crippen LogP contribution in [-0.4, -0.2) is 21.5 Å². The highest BCUT2D eigenvalue weighted by Gasteiger charge is 2.28. The van der Waals surface area contributed by atoms with Gasteiger partial charge in [0.15, 0.2) is 0 Å². The topological polar surface area (TPSA) is 64.0 Å². The Morgan fingerprint density at radius 1 is 1.30 bits per heavy atom. The van der Waals surface area contributed by atoms with Crippen molar-refractivity contribution in [1.82, 2.24) is 14.9 Å². The molecular formula is C18H23N3O2. The Balaban J connectivity index is 1.73. The van der Waals surface area contributed by atoms with Gasteiger partial charge in [-0.1, -0.05) is 38.8 Å². The molecule has 122 valence electrons. The highest BCUT2D eigenvalue weighted by atomic mass is 16.2. The molecule has 1 aromatic carbocycles. The van der Waals surface area contributed by atoms with E-state index in [0.29, 0.717) is 22.7 Å². The van der Waals surface area contributed by atoms with E-state index in [-0.39, 0.29) is 24.1 Å². The first kappa shape index (κ1) is 15.7. The molecule has 5 nitrogen and oxygen atoms in total. The van der Waals surface area contributed by atoms with E-state index >= 15 is 0 Å². The third kappa shape index (κ3) is 3.28. The number of nitrogens with zero attached hydrogens (tertiary/aromatic N) is 2. The van der Waals surface area contributed by atoms with E-state index in [2.05, 4.69) is 24.1 Å². The average molecular weight is 313 g/mol. The van der Waals surface area contributed by atoms with Gasteiger partial charge >= 0.3 is 0 Å². The fourth-order valence-corrected chi connectivity index (χ4v) is 3.41. The van der Waals surface area contributed by atoms with E-state index in [0.717, 1.165) is 12.8 Å². The van der Waals surface area contributed by atoms with Crippen molar-refractivity contribution in [3.05, 3.63) is 40.9 Å². The van der Waals surface area contributed by atoms with Crippen LogP contribution >= 0.6 is 0 Å². The molecule has 0 unspecified atom stereocenters. The lowest BCUT2D eigenvalue weighted by molar-refractivity contribution is -0.123. The maximum absolute atomic E-state index is 12.4. The third-order valence-corrected chi connectivity index (χ3v) is 5.10. The molecule has 1 aromatic heterocycles. The molecule has 1 aliphatic rings. The van der Waals surface area contributed by atoms with Crippen LogP contribution in [0.2, 0.25) is 0 Å². The van der Waals surface area contributed by atoms with Crippen molar-refractivity contribution in [3.63, 3.8) is 0 Å². The summed E-state index contributed by atoms with van der Waals surface area (Å²) >= 11 is 0. The summed E-state index contributed by atoms with van der Waals surface area (Å²) in [5, 5.41) is 3.64. The lowest BCUT2D eigenvalue weighted by atomic mass is 9.78. The molecule has 1 heterocycles. The highest BCUT2D eigenvalue weighted by molar-refractivity contribution is 5.79. The predicted molar refractivity (Wildman–Crippen MR) is 90.1 cm³/mol. The zero-order valence-corrected chi connectivity index (χ0v) is 13.7. The summed E-state index contributed by atoms with van der Waals surface area (Å²) < 4.78 is 1.38. The number of benzene rings is 1. The van der Waals surface area contributed by atoms with Gasteiger partial charge in [0.05, 0.1) is 17.2 Å². The number of para-hydroxylation sites is 1. The predicted octanol–water partition coefficient (Wildman–Crippen LogP) is 2.34. The van der Waals surface area contributed by atoms with Crippen molar-refractivity contribution in [2.75, 3.05) is 0 Å². The second-order valence-electron chi connectivity index (χ2n) is 6.64. The number of carbonyl (C=O) groups is 1. The van der Waals surface area contributed by atoms with Gasteiger partial charge in [0.1, 0.15) is 6.54 Å². The lowest BCUT2D eigenvalue weighted by Gasteiger charge is -2.34. The Morgan fingerprint density at radius 3 is 2.91 bits per heavy atom. The average Bonchev–Trinajstić information content (AvgIpc) is 2.55. The van der Waals surface area contributed by atoms with E-state index in [4.69, 9.17) is 0 Å². The van der Waals surface area contributed by atoms with Gasteiger partial charge in [-0.15, -0.1) is 0 Å². The third-order valence-electron chi connectivity index (χ3n) is 5.10. The van der Waals surface area contributed by atoms with Crippen molar-refractivity contribution in [1.29, 1.82) is 0 Å². The summed E-state index contributed by atoms with van der Waals surface area (Å²) in [6.07, 6.45) is 4.84. The smallest absolute Gasteiger partial charge is 0.261 e. The van der Waals surface area contributed by atoms with Gasteiger partial charge in [-0.25, -0.2) is 4.98 Å². The summed E-state index contributed by atoms with van der Waals surface area (Å²) in [7, 11) is 0. The Bertz CT molecular complexity index is 768. The lowest BCUT2D eigenvalue weighted by Crippen LogP contribution is -2.45. The minimum atomic E-state index is -0.171. The maximum atomic E-state index is 12.4. The second kappa shape index (κ2) is 6.52. The number of nitrogens with one attached hydrogen (secondary N) is 1. The van der Waals surface area contributed by atoms with Crippen LogP contribution in [0.5, 0.6) is 0 Å². The number of rotatable bonds is 3. The molecule has 0 saturated heterocycles. The molecule has 0 bridgehead atoms. The van der Waals surface area contributed by atoms with E-state index in [9.17, 15) is 9.59 Å². The largest absolute Gasteiger partial charge is 0.352 e. The molecule has 3 rings (SSSR count). The number of fused-ring (bicyclic) bond motifs is 1. The first-order valence-electron chi connectivity index (χ1n) is 8.30. The molecule has 1 aliphatic carbocycles. The van der Waals surface area contributed by atoms with E-state index in [1.54, 1.807) is 18.2 Å². The van der Waals surface area contributed by atoms with Gasteiger partial charge in [-0.3, -0.25) is 14.2 Å². The fraction of sp³-hybridized carbons (Fsp3) is 0.500. The summed E-state index contributed by atoms with van der Waals surface area (Å²) in [6, 6.07) is 7.39. The summed E-state index contributed by atoms with van der Waals surface area (Å²) in [5.41, 5.74) is 0.486. The highest BCUT2D eigenvalue weighted by Crippen LogP contribution is 2.29. The molecule has 0 aliphatic heterocycles. The van der Waals surface area contributed by atoms with Crippen LogP contribution in [0.3, 0.4) is 0 Å². The molecule has 3 atom stereocenters. The van der Waals surface area contributed by atoms with Crippen LogP contribution in [0, 0.1) is 11.8 Å². The van der Waals surface area contributed by atoms with Gasteiger partial charge in [0.25, 0.3) is 5.56 Å². The van der Waals surface area contributed by atoms with Crippen LogP contribution in [0.15, 0.2) is 35.4 Å². The van der Waals surface area contributed by atoms with Crippen molar-refractivity contribution in [2.24, 2.45) is 11.8 Å². The maximum Gasteiger partial charge on any atom is 0.261 e. The van der Waals surface area contributed by atoms with Crippen LogP contribution in [0.1, 0.15) is 33.1 Å². The molecule has 1 fully saturated rings. The van der Waals surface area contributed by atoms with Gasteiger partial charge in [0, 0.05) is 6.04 Å². The Labute approximate surface area is 135 Å². The van der Waals surface area contributed by atoms with Gasteiger partial charge in [-0.05, 0) is 30.4 Å². The van der Waals surface area contributed by atoms with Crippen LogP contribution in [0.4, 0.5) is 0 Å². The van der Waals surface area contributed by atoms with Crippen molar-refractivity contribution >= 4 is 16.8 Å². The summed E-state index contributed by atoms with van der Waals surface area (Å²) in [6.45, 7) is 4.45. The summed E-state index contributed by atoms with van der Waals surface area (Å²) in [4.78, 5) is 29.0. The first-order chi connectivity index (χ1) is 11.1. The molecule has 23 heavy (non-hydrogen) atoms. The minimum Gasteiger partial charge on any atom is -0.352 e. The van der Waals surface area contributed by atoms with Crippen molar-refractivity contribution in [3.8, 4) is 0 Å². The summed E-state index contributed by atoms with van der Waals surface area (Å²) in [5.74, 6) is 0.980. The van der Waals surface area contributed by atoms with Crippen LogP contribution in [-0.2, 0) is 11.3 Å². The number of hydrogen-bond acceptors (Lipinski definition) is 3. The van der Waals surface area contributed by atoms with Crippen LogP contribution < -0.4 is 10.9 Å². The van der Waals surface area contributed by atoms with Gasteiger partial charge in [-0.2, -0.15) is 0 Å². The number of amides is 1. The Hall–Kier alpha value is -2.17. The molecule has 2 aromatic rings. The number of hydrogen-bond donors (Lipinski definition) is 1. The Kier molecular flexibility index (Phi) is 4.46. The normalized spacial score (nSPS) is 24.5. The van der Waals surface area contributed by atoms with E-state index in [1.165, 1.54) is 17.3 Å². The standard InChI is InChI=1S/C18H23N3O2/c1-12-6-5-9-15(13(12)2)20-17(22)10-21-11-19-16-8-4-3-7-14(16)18(21)23/h3-4,7-8,11-13,15H,5-6,9-10H2,1-2H3,(H,20,22)/t12-,13+,15+/m1/s1. The number of aromatic nitrogens is 2. The molecule has 5 heteroatoms. The van der Waals surface area contributed by atoms with Gasteiger partial charge < -0.3 is 5.32 Å². The number of carbonyl (C=O) groups excluding carboxylic acids is 1. The molecule has 1 N–H and O–H groups in total. The molecule has 0 spiro atoms. The van der Waals surface area contributed by atoms with E-state index in [1.807, 2.05) is 6.07 Å². The molecular weight excluding hydrogens is 290 g/mol. The quantitative estimate of drug-likeness (QED) is 0.946. The molecule has 0 radical (unpaired) electrons. The molecule has 1 saturated carbocycles. The second-order valence-corrected chi connectivity index (χ2v) is 6.64. The SMILES string of the molecule is C[C@H]1[C@H](C)CCC[C@@H]1NC(=O)Cn1cnc2ccccc2c1=O.